The lowest BCUT2D eigenvalue weighted by atomic mass is 10.1. The van der Waals surface area contributed by atoms with Crippen molar-refractivity contribution in [3.05, 3.63) is 59.7 Å². The Morgan fingerprint density at radius 2 is 1.62 bits per heavy atom. The van der Waals surface area contributed by atoms with Crippen molar-refractivity contribution in [1.29, 1.82) is 0 Å². The van der Waals surface area contributed by atoms with Gasteiger partial charge in [-0.1, -0.05) is 12.1 Å². The summed E-state index contributed by atoms with van der Waals surface area (Å²) in [7, 11) is -3.51. The van der Waals surface area contributed by atoms with Crippen LogP contribution in [0.3, 0.4) is 0 Å². The molecule has 2 aromatic rings. The Balaban J connectivity index is 1.75. The van der Waals surface area contributed by atoms with E-state index >= 15 is 0 Å². The van der Waals surface area contributed by atoms with Crippen LogP contribution >= 0.6 is 0 Å². The number of ether oxygens (including phenoxy) is 1. The molecule has 136 valence electrons. The van der Waals surface area contributed by atoms with Gasteiger partial charge in [0.15, 0.2) is 5.78 Å². The number of esters is 1. The van der Waals surface area contributed by atoms with Crippen LogP contribution in [0.25, 0.3) is 0 Å². The first kappa shape index (κ1) is 18.3. The Morgan fingerprint density at radius 1 is 0.962 bits per heavy atom. The molecule has 7 heteroatoms. The molecule has 0 atom stereocenters. The molecule has 0 bridgehead atoms. The van der Waals surface area contributed by atoms with Crippen LogP contribution in [0.15, 0.2) is 53.4 Å². The van der Waals surface area contributed by atoms with Gasteiger partial charge in [0.1, 0.15) is 5.75 Å². The Bertz CT molecular complexity index is 929. The Hall–Kier alpha value is -2.51. The van der Waals surface area contributed by atoms with E-state index in [0.29, 0.717) is 18.7 Å². The van der Waals surface area contributed by atoms with E-state index in [1.165, 1.54) is 41.6 Å². The molecule has 0 saturated carbocycles. The number of hydrogen-bond acceptors (Lipinski definition) is 5. The number of rotatable bonds is 5. The zero-order valence-electron chi connectivity index (χ0n) is 14.3. The molecule has 1 saturated heterocycles. The van der Waals surface area contributed by atoms with E-state index in [1.807, 2.05) is 0 Å². The summed E-state index contributed by atoms with van der Waals surface area (Å²) >= 11 is 0. The quantitative estimate of drug-likeness (QED) is 0.457. The van der Waals surface area contributed by atoms with Gasteiger partial charge < -0.3 is 4.74 Å². The summed E-state index contributed by atoms with van der Waals surface area (Å²) in [6, 6.07) is 12.0. The summed E-state index contributed by atoms with van der Waals surface area (Å²) < 4.78 is 31.7. The molecule has 0 spiro atoms. The van der Waals surface area contributed by atoms with E-state index in [2.05, 4.69) is 0 Å². The van der Waals surface area contributed by atoms with Crippen LogP contribution in [0.1, 0.15) is 40.5 Å². The number of nitrogens with zero attached hydrogens (tertiary/aromatic N) is 1. The van der Waals surface area contributed by atoms with Crippen molar-refractivity contribution in [3.63, 3.8) is 0 Å². The normalized spacial score (nSPS) is 15.0. The second kappa shape index (κ2) is 7.39. The molecule has 1 heterocycles. The summed E-state index contributed by atoms with van der Waals surface area (Å²) in [6.45, 7) is 2.48. The zero-order chi connectivity index (χ0) is 18.7. The van der Waals surface area contributed by atoms with E-state index in [-0.39, 0.29) is 22.0 Å². The van der Waals surface area contributed by atoms with Crippen LogP contribution < -0.4 is 4.74 Å². The van der Waals surface area contributed by atoms with Gasteiger partial charge in [-0.2, -0.15) is 4.31 Å². The van der Waals surface area contributed by atoms with Crippen LogP contribution in [-0.4, -0.2) is 37.6 Å². The zero-order valence-corrected chi connectivity index (χ0v) is 15.2. The minimum Gasteiger partial charge on any atom is -0.423 e. The standard InChI is InChI=1S/C19H19NO5S/c1-14(21)16-5-4-6-17(13-16)25-19(22)15-7-9-18(10-8-15)26(23,24)20-11-2-3-12-20/h4-10,13H,2-3,11-12H2,1H3. The Morgan fingerprint density at radius 3 is 2.23 bits per heavy atom. The molecular weight excluding hydrogens is 354 g/mol. The van der Waals surface area contributed by atoms with Crippen molar-refractivity contribution < 1.29 is 22.7 Å². The maximum atomic E-state index is 12.5. The van der Waals surface area contributed by atoms with Crippen molar-refractivity contribution in [3.8, 4) is 5.75 Å². The van der Waals surface area contributed by atoms with Crippen molar-refractivity contribution in [2.45, 2.75) is 24.7 Å². The van der Waals surface area contributed by atoms with Crippen molar-refractivity contribution in [2.24, 2.45) is 0 Å². The number of ketones is 1. The molecule has 6 nitrogen and oxygen atoms in total. The van der Waals surface area contributed by atoms with Gasteiger partial charge in [0, 0.05) is 18.7 Å². The number of Topliss-reactive ketones (excluding diaryl/α,β-unsaturated/α-hetero) is 1. The first-order chi connectivity index (χ1) is 12.4. The Kier molecular flexibility index (Phi) is 5.20. The van der Waals surface area contributed by atoms with Crippen LogP contribution in [-0.2, 0) is 10.0 Å². The van der Waals surface area contributed by atoms with Crippen molar-refractivity contribution >= 4 is 21.8 Å². The van der Waals surface area contributed by atoms with E-state index < -0.39 is 16.0 Å². The highest BCUT2D eigenvalue weighted by atomic mass is 32.2. The molecule has 0 amide bonds. The minimum atomic E-state index is -3.51. The van der Waals surface area contributed by atoms with Crippen LogP contribution in [0.5, 0.6) is 5.75 Å². The van der Waals surface area contributed by atoms with Crippen LogP contribution in [0.2, 0.25) is 0 Å². The number of sulfonamides is 1. The maximum absolute atomic E-state index is 12.5. The number of carbonyl (C=O) groups is 2. The van der Waals surface area contributed by atoms with Gasteiger partial charge in [-0.15, -0.1) is 0 Å². The minimum absolute atomic E-state index is 0.126. The number of benzene rings is 2. The lowest BCUT2D eigenvalue weighted by Gasteiger charge is -2.15. The van der Waals surface area contributed by atoms with Gasteiger partial charge in [0.2, 0.25) is 10.0 Å². The third-order valence-corrected chi connectivity index (χ3v) is 6.16. The van der Waals surface area contributed by atoms with Gasteiger partial charge >= 0.3 is 5.97 Å². The molecule has 1 aliphatic heterocycles. The molecule has 0 aromatic heterocycles. The molecule has 0 unspecified atom stereocenters. The summed E-state index contributed by atoms with van der Waals surface area (Å²) in [4.78, 5) is 23.8. The van der Waals surface area contributed by atoms with E-state index in [0.717, 1.165) is 12.8 Å². The second-order valence-electron chi connectivity index (χ2n) is 6.11. The predicted octanol–water partition coefficient (Wildman–Crippen LogP) is 2.89. The average Bonchev–Trinajstić information content (AvgIpc) is 3.17. The third kappa shape index (κ3) is 3.84. The summed E-state index contributed by atoms with van der Waals surface area (Å²) in [5.74, 6) is -0.480. The summed E-state index contributed by atoms with van der Waals surface area (Å²) in [6.07, 6.45) is 1.73. The average molecular weight is 373 g/mol. The first-order valence-corrected chi connectivity index (χ1v) is 9.75. The van der Waals surface area contributed by atoms with E-state index in [1.54, 1.807) is 18.2 Å². The molecule has 1 aliphatic rings. The fourth-order valence-corrected chi connectivity index (χ4v) is 4.30. The molecule has 0 aliphatic carbocycles. The van der Waals surface area contributed by atoms with Crippen LogP contribution in [0, 0.1) is 0 Å². The number of carbonyl (C=O) groups excluding carboxylic acids is 2. The largest absolute Gasteiger partial charge is 0.423 e. The van der Waals surface area contributed by atoms with Gasteiger partial charge in [0.05, 0.1) is 10.5 Å². The predicted molar refractivity (Wildman–Crippen MR) is 95.8 cm³/mol. The molecule has 3 rings (SSSR count). The van der Waals surface area contributed by atoms with Gasteiger partial charge in [-0.05, 0) is 56.2 Å². The highest BCUT2D eigenvalue weighted by Crippen LogP contribution is 2.22. The van der Waals surface area contributed by atoms with Gasteiger partial charge in [-0.25, -0.2) is 13.2 Å². The van der Waals surface area contributed by atoms with Crippen molar-refractivity contribution in [2.75, 3.05) is 13.1 Å². The summed E-state index contributed by atoms with van der Waals surface area (Å²) in [5, 5.41) is 0. The molecule has 26 heavy (non-hydrogen) atoms. The molecule has 2 aromatic carbocycles. The molecule has 0 N–H and O–H groups in total. The maximum Gasteiger partial charge on any atom is 0.343 e. The lowest BCUT2D eigenvalue weighted by molar-refractivity contribution is 0.0733. The monoisotopic (exact) mass is 373 g/mol. The third-order valence-electron chi connectivity index (χ3n) is 4.24. The molecule has 0 radical (unpaired) electrons. The fraction of sp³-hybridized carbons (Fsp3) is 0.263. The number of hydrogen-bond donors (Lipinski definition) is 0. The SMILES string of the molecule is CC(=O)c1cccc(OC(=O)c2ccc(S(=O)(=O)N3CCCC3)cc2)c1. The first-order valence-electron chi connectivity index (χ1n) is 8.31. The highest BCUT2D eigenvalue weighted by molar-refractivity contribution is 7.89. The molecular formula is C19H19NO5S. The van der Waals surface area contributed by atoms with Crippen LogP contribution in [0.4, 0.5) is 0 Å². The van der Waals surface area contributed by atoms with Crippen molar-refractivity contribution in [1.82, 2.24) is 4.31 Å². The van der Waals surface area contributed by atoms with E-state index in [4.69, 9.17) is 4.74 Å². The summed E-state index contributed by atoms with van der Waals surface area (Å²) in [5.41, 5.74) is 0.681. The second-order valence-corrected chi connectivity index (χ2v) is 8.05. The Labute approximate surface area is 152 Å². The smallest absolute Gasteiger partial charge is 0.343 e. The molecule has 1 fully saturated rings. The van der Waals surface area contributed by atoms with Gasteiger partial charge in [0.25, 0.3) is 0 Å². The fourth-order valence-electron chi connectivity index (χ4n) is 2.79. The van der Waals surface area contributed by atoms with Gasteiger partial charge in [-0.3, -0.25) is 4.79 Å². The highest BCUT2D eigenvalue weighted by Gasteiger charge is 2.27. The van der Waals surface area contributed by atoms with E-state index in [9.17, 15) is 18.0 Å². The topological polar surface area (TPSA) is 80.8 Å². The lowest BCUT2D eigenvalue weighted by Crippen LogP contribution is -2.27.